The van der Waals surface area contributed by atoms with Crippen molar-refractivity contribution < 1.29 is 14.6 Å². The number of aliphatic hydroxyl groups is 1. The van der Waals surface area contributed by atoms with Gasteiger partial charge in [0.25, 0.3) is 0 Å². The molecule has 0 aliphatic rings. The molecule has 1 rings (SSSR count). The van der Waals surface area contributed by atoms with Gasteiger partial charge in [-0.3, -0.25) is 0 Å². The summed E-state index contributed by atoms with van der Waals surface area (Å²) in [5, 5.41) is 12.3. The molecule has 0 aliphatic carbocycles. The van der Waals surface area contributed by atoms with Gasteiger partial charge in [0, 0.05) is 19.4 Å². The van der Waals surface area contributed by atoms with E-state index < -0.39 is 17.8 Å². The molecule has 1 amide bonds. The number of ether oxygens (including phenoxy) is 1. The molecule has 1 atom stereocenters. The van der Waals surface area contributed by atoms with E-state index in [-0.39, 0.29) is 6.54 Å². The van der Waals surface area contributed by atoms with Crippen molar-refractivity contribution in [3.05, 3.63) is 18.2 Å². The molecule has 96 valence electrons. The second-order valence-corrected chi connectivity index (χ2v) is 4.79. The fourth-order valence-electron chi connectivity index (χ4n) is 1.28. The number of imidazole rings is 1. The summed E-state index contributed by atoms with van der Waals surface area (Å²) in [5.74, 6) is 0.501. The number of nitrogens with one attached hydrogen (secondary N) is 1. The van der Waals surface area contributed by atoms with Crippen LogP contribution in [0.1, 0.15) is 32.7 Å². The molecule has 0 radical (unpaired) electrons. The van der Waals surface area contributed by atoms with E-state index in [0.717, 1.165) is 0 Å². The molecule has 1 aromatic rings. The second kappa shape index (κ2) is 5.18. The minimum atomic E-state index is -0.845. The highest BCUT2D eigenvalue weighted by Gasteiger charge is 2.18. The molecule has 17 heavy (non-hydrogen) atoms. The highest BCUT2D eigenvalue weighted by Crippen LogP contribution is 2.09. The summed E-state index contributed by atoms with van der Waals surface area (Å²) in [4.78, 5) is 15.3. The molecule has 0 bridgehead atoms. The monoisotopic (exact) mass is 241 g/mol. The molecule has 0 aliphatic heterocycles. The molecule has 0 saturated heterocycles. The maximum Gasteiger partial charge on any atom is 0.407 e. The smallest absolute Gasteiger partial charge is 0.407 e. The minimum absolute atomic E-state index is 0.0692. The molecule has 0 saturated carbocycles. The van der Waals surface area contributed by atoms with Crippen LogP contribution in [0.15, 0.2) is 12.4 Å². The molecular formula is C11H19N3O3. The van der Waals surface area contributed by atoms with E-state index in [0.29, 0.717) is 5.82 Å². The van der Waals surface area contributed by atoms with Crippen LogP contribution in [-0.4, -0.2) is 32.9 Å². The number of alkyl carbamates (subject to hydrolysis) is 1. The van der Waals surface area contributed by atoms with Crippen LogP contribution in [0.3, 0.4) is 0 Å². The van der Waals surface area contributed by atoms with E-state index in [9.17, 15) is 9.90 Å². The number of hydrogen-bond acceptors (Lipinski definition) is 4. The van der Waals surface area contributed by atoms with Crippen LogP contribution in [0.25, 0.3) is 0 Å². The average molecular weight is 241 g/mol. The normalized spacial score (nSPS) is 13.2. The largest absolute Gasteiger partial charge is 0.444 e. The van der Waals surface area contributed by atoms with Crippen molar-refractivity contribution in [2.75, 3.05) is 6.54 Å². The van der Waals surface area contributed by atoms with E-state index in [4.69, 9.17) is 4.74 Å². The van der Waals surface area contributed by atoms with E-state index in [1.165, 1.54) is 0 Å². The van der Waals surface area contributed by atoms with Gasteiger partial charge in [0.2, 0.25) is 0 Å². The van der Waals surface area contributed by atoms with Gasteiger partial charge < -0.3 is 19.7 Å². The summed E-state index contributed by atoms with van der Waals surface area (Å²) in [6, 6.07) is 0. The molecule has 6 heteroatoms. The first-order chi connectivity index (χ1) is 7.79. The van der Waals surface area contributed by atoms with Gasteiger partial charge in [-0.1, -0.05) is 0 Å². The van der Waals surface area contributed by atoms with Crippen molar-refractivity contribution in [3.63, 3.8) is 0 Å². The average Bonchev–Trinajstić information content (AvgIpc) is 2.58. The first-order valence-electron chi connectivity index (χ1n) is 5.42. The number of aliphatic hydroxyl groups excluding tert-OH is 1. The first-order valence-corrected chi connectivity index (χ1v) is 5.42. The van der Waals surface area contributed by atoms with Crippen LogP contribution < -0.4 is 5.32 Å². The van der Waals surface area contributed by atoms with Gasteiger partial charge in [-0.15, -0.1) is 0 Å². The number of rotatable bonds is 3. The number of carbonyl (C=O) groups excluding carboxylic acids is 1. The van der Waals surface area contributed by atoms with Gasteiger partial charge in [-0.25, -0.2) is 9.78 Å². The molecule has 0 aromatic carbocycles. The van der Waals surface area contributed by atoms with Crippen molar-refractivity contribution in [2.24, 2.45) is 7.05 Å². The summed E-state index contributed by atoms with van der Waals surface area (Å²) >= 11 is 0. The fourth-order valence-corrected chi connectivity index (χ4v) is 1.28. The topological polar surface area (TPSA) is 76.4 Å². The molecule has 0 fully saturated rings. The number of carbonyl (C=O) groups is 1. The zero-order valence-electron chi connectivity index (χ0n) is 10.6. The summed E-state index contributed by atoms with van der Waals surface area (Å²) in [6.07, 6.45) is 1.92. The Morgan fingerprint density at radius 2 is 2.29 bits per heavy atom. The highest BCUT2D eigenvalue weighted by atomic mass is 16.6. The van der Waals surface area contributed by atoms with E-state index in [1.807, 2.05) is 0 Å². The highest BCUT2D eigenvalue weighted by molar-refractivity contribution is 5.67. The van der Waals surface area contributed by atoms with E-state index in [1.54, 1.807) is 44.8 Å². The third-order valence-electron chi connectivity index (χ3n) is 2.00. The van der Waals surface area contributed by atoms with Gasteiger partial charge >= 0.3 is 6.09 Å². The summed E-state index contributed by atoms with van der Waals surface area (Å²) in [5.41, 5.74) is -0.543. The Morgan fingerprint density at radius 1 is 1.65 bits per heavy atom. The Bertz CT molecular complexity index is 382. The van der Waals surface area contributed by atoms with Crippen molar-refractivity contribution in [1.82, 2.24) is 14.9 Å². The fraction of sp³-hybridized carbons (Fsp3) is 0.636. The van der Waals surface area contributed by atoms with Gasteiger partial charge in [0.15, 0.2) is 0 Å². The zero-order valence-corrected chi connectivity index (χ0v) is 10.6. The predicted octanol–water partition coefficient (Wildman–Crippen LogP) is 0.978. The Balaban J connectivity index is 2.41. The van der Waals surface area contributed by atoms with Crippen LogP contribution in [0.4, 0.5) is 4.79 Å². The lowest BCUT2D eigenvalue weighted by atomic mass is 10.2. The number of hydrogen-bond donors (Lipinski definition) is 2. The predicted molar refractivity (Wildman–Crippen MR) is 62.4 cm³/mol. The minimum Gasteiger partial charge on any atom is -0.444 e. The quantitative estimate of drug-likeness (QED) is 0.827. The molecule has 1 heterocycles. The van der Waals surface area contributed by atoms with Gasteiger partial charge in [0.05, 0.1) is 6.54 Å². The standard InChI is InChI=1S/C11H19N3O3/c1-11(2,3)17-10(16)13-7-8(15)9-12-5-6-14(9)4/h5-6,8,15H,7H2,1-4H3,(H,13,16). The third-order valence-corrected chi connectivity index (χ3v) is 2.00. The lowest BCUT2D eigenvalue weighted by Gasteiger charge is -2.20. The third kappa shape index (κ3) is 4.44. The maximum atomic E-state index is 11.3. The molecule has 6 nitrogen and oxygen atoms in total. The molecule has 0 spiro atoms. The second-order valence-electron chi connectivity index (χ2n) is 4.79. The SMILES string of the molecule is Cn1ccnc1C(O)CNC(=O)OC(C)(C)C. The van der Waals surface area contributed by atoms with Crippen LogP contribution in [0.2, 0.25) is 0 Å². The first kappa shape index (κ1) is 13.5. The Hall–Kier alpha value is -1.56. The number of aryl methyl sites for hydroxylation is 1. The maximum absolute atomic E-state index is 11.3. The molecule has 2 N–H and O–H groups in total. The summed E-state index contributed by atoms with van der Waals surface area (Å²) < 4.78 is 6.74. The van der Waals surface area contributed by atoms with Crippen molar-refractivity contribution in [1.29, 1.82) is 0 Å². The Morgan fingerprint density at radius 3 is 2.76 bits per heavy atom. The lowest BCUT2D eigenvalue weighted by Crippen LogP contribution is -2.35. The number of aromatic nitrogens is 2. The molecular weight excluding hydrogens is 222 g/mol. The zero-order chi connectivity index (χ0) is 13.1. The van der Waals surface area contributed by atoms with Crippen LogP contribution >= 0.6 is 0 Å². The van der Waals surface area contributed by atoms with Crippen molar-refractivity contribution in [2.45, 2.75) is 32.5 Å². The Labute approximate surface area is 101 Å². The van der Waals surface area contributed by atoms with Gasteiger partial charge in [-0.2, -0.15) is 0 Å². The van der Waals surface area contributed by atoms with Gasteiger partial charge in [-0.05, 0) is 20.8 Å². The Kier molecular flexibility index (Phi) is 4.11. The van der Waals surface area contributed by atoms with Gasteiger partial charge in [0.1, 0.15) is 17.5 Å². The van der Waals surface area contributed by atoms with Crippen LogP contribution in [0.5, 0.6) is 0 Å². The van der Waals surface area contributed by atoms with Crippen LogP contribution in [-0.2, 0) is 11.8 Å². The number of nitrogens with zero attached hydrogens (tertiary/aromatic N) is 2. The van der Waals surface area contributed by atoms with Crippen molar-refractivity contribution >= 4 is 6.09 Å². The molecule has 1 unspecified atom stereocenters. The van der Waals surface area contributed by atoms with Crippen LogP contribution in [0, 0.1) is 0 Å². The van der Waals surface area contributed by atoms with Crippen molar-refractivity contribution in [3.8, 4) is 0 Å². The summed E-state index contributed by atoms with van der Waals surface area (Å²) in [7, 11) is 1.78. The summed E-state index contributed by atoms with van der Waals surface area (Å²) in [6.45, 7) is 5.41. The van der Waals surface area contributed by atoms with E-state index in [2.05, 4.69) is 10.3 Å². The molecule has 1 aromatic heterocycles. The van der Waals surface area contributed by atoms with E-state index >= 15 is 0 Å². The lowest BCUT2D eigenvalue weighted by molar-refractivity contribution is 0.0487. The number of amides is 1.